The second-order valence-electron chi connectivity index (χ2n) is 6.18. The van der Waals surface area contributed by atoms with Crippen LogP contribution in [0.3, 0.4) is 0 Å². The summed E-state index contributed by atoms with van der Waals surface area (Å²) in [6, 6.07) is 9.04. The van der Waals surface area contributed by atoms with Crippen molar-refractivity contribution in [3.8, 4) is 17.2 Å². The van der Waals surface area contributed by atoms with Crippen LogP contribution >= 0.6 is 0 Å². The number of carbonyl (C=O) groups excluding carboxylic acids is 2. The van der Waals surface area contributed by atoms with E-state index >= 15 is 0 Å². The Morgan fingerprint density at radius 2 is 1.97 bits per heavy atom. The monoisotopic (exact) mass is 420 g/mol. The van der Waals surface area contributed by atoms with Crippen molar-refractivity contribution < 1.29 is 32.2 Å². The smallest absolute Gasteiger partial charge is 0.262 e. The predicted molar refractivity (Wildman–Crippen MR) is 105 cm³/mol. The van der Waals surface area contributed by atoms with Crippen LogP contribution < -0.4 is 24.8 Å². The fourth-order valence-corrected chi connectivity index (χ4v) is 3.96. The number of hydrogen-bond acceptors (Lipinski definition) is 7. The van der Waals surface area contributed by atoms with Gasteiger partial charge in [-0.1, -0.05) is 0 Å². The Hall–Kier alpha value is -3.27. The molecule has 0 aliphatic carbocycles. The summed E-state index contributed by atoms with van der Waals surface area (Å²) in [7, 11) is -0.760. The van der Waals surface area contributed by atoms with Crippen LogP contribution in [0.25, 0.3) is 0 Å². The zero-order valence-corrected chi connectivity index (χ0v) is 16.7. The van der Waals surface area contributed by atoms with Gasteiger partial charge in [0.2, 0.25) is 5.91 Å². The molecule has 1 aliphatic rings. The lowest BCUT2D eigenvalue weighted by atomic mass is 10.2. The number of carbonyl (C=O) groups is 2. The Morgan fingerprint density at radius 3 is 2.69 bits per heavy atom. The number of hydrogen-bond donors (Lipinski definition) is 2. The standard InChI is InChI=1S/C19H20N2O7S/c1-26-12-3-5-14(16(9-12)27-2)20-18(22)7-8-29(24,25)13-4-6-15-17(10-13)28-11-19(23)21-15/h3-6,9-10H,7-8,11H2,1-2H3,(H,20,22)(H,21,23). The second-order valence-corrected chi connectivity index (χ2v) is 8.29. The molecule has 0 saturated carbocycles. The number of anilines is 2. The molecule has 1 aliphatic heterocycles. The molecule has 0 unspecified atom stereocenters. The van der Waals surface area contributed by atoms with Gasteiger partial charge in [-0.15, -0.1) is 0 Å². The van der Waals surface area contributed by atoms with Crippen molar-refractivity contribution in [2.24, 2.45) is 0 Å². The van der Waals surface area contributed by atoms with E-state index in [9.17, 15) is 18.0 Å². The first-order valence-corrected chi connectivity index (χ1v) is 10.3. The van der Waals surface area contributed by atoms with Gasteiger partial charge in [-0.2, -0.15) is 0 Å². The normalized spacial score (nSPS) is 13.0. The molecule has 29 heavy (non-hydrogen) atoms. The first-order chi connectivity index (χ1) is 13.8. The lowest BCUT2D eigenvalue weighted by molar-refractivity contribution is -0.118. The van der Waals surface area contributed by atoms with E-state index in [0.29, 0.717) is 22.9 Å². The molecule has 0 bridgehead atoms. The minimum atomic E-state index is -3.73. The molecular weight excluding hydrogens is 400 g/mol. The minimum absolute atomic E-state index is 0.0160. The summed E-state index contributed by atoms with van der Waals surface area (Å²) in [6.45, 7) is -0.178. The van der Waals surface area contributed by atoms with E-state index in [4.69, 9.17) is 14.2 Å². The number of nitrogens with one attached hydrogen (secondary N) is 2. The van der Waals surface area contributed by atoms with E-state index in [1.165, 1.54) is 32.4 Å². The topological polar surface area (TPSA) is 120 Å². The Balaban J connectivity index is 1.66. The molecule has 2 aromatic rings. The van der Waals surface area contributed by atoms with Gasteiger partial charge in [0.25, 0.3) is 5.91 Å². The number of fused-ring (bicyclic) bond motifs is 1. The average Bonchev–Trinajstić information content (AvgIpc) is 2.72. The van der Waals surface area contributed by atoms with Gasteiger partial charge in [0.1, 0.15) is 17.2 Å². The predicted octanol–water partition coefficient (Wildman–Crippen LogP) is 1.84. The maximum Gasteiger partial charge on any atom is 0.262 e. The molecule has 2 aromatic carbocycles. The quantitative estimate of drug-likeness (QED) is 0.701. The molecule has 0 aromatic heterocycles. The largest absolute Gasteiger partial charge is 0.497 e. The lowest BCUT2D eigenvalue weighted by Crippen LogP contribution is -2.25. The molecule has 0 atom stereocenters. The summed E-state index contributed by atoms with van der Waals surface area (Å²) in [5.41, 5.74) is 0.818. The van der Waals surface area contributed by atoms with Gasteiger partial charge >= 0.3 is 0 Å². The lowest BCUT2D eigenvalue weighted by Gasteiger charge is -2.18. The summed E-state index contributed by atoms with van der Waals surface area (Å²) < 4.78 is 40.7. The number of rotatable bonds is 7. The Kier molecular flexibility index (Phi) is 5.92. The molecule has 0 spiro atoms. The molecule has 3 rings (SSSR count). The summed E-state index contributed by atoms with van der Waals surface area (Å²) in [5, 5.41) is 5.23. The van der Waals surface area contributed by atoms with Gasteiger partial charge in [0.05, 0.1) is 36.2 Å². The van der Waals surface area contributed by atoms with Crippen LogP contribution in [0.5, 0.6) is 17.2 Å². The Labute approximate surface area is 167 Å². The van der Waals surface area contributed by atoms with Crippen molar-refractivity contribution in [3.05, 3.63) is 36.4 Å². The highest BCUT2D eigenvalue weighted by atomic mass is 32.2. The van der Waals surface area contributed by atoms with Crippen molar-refractivity contribution in [1.82, 2.24) is 0 Å². The summed E-state index contributed by atoms with van der Waals surface area (Å²) in [4.78, 5) is 23.6. The summed E-state index contributed by atoms with van der Waals surface area (Å²) >= 11 is 0. The summed E-state index contributed by atoms with van der Waals surface area (Å²) in [6.07, 6.45) is -0.244. The average molecular weight is 420 g/mol. The first-order valence-electron chi connectivity index (χ1n) is 8.64. The molecule has 0 saturated heterocycles. The zero-order chi connectivity index (χ0) is 21.0. The molecular formula is C19H20N2O7S. The van der Waals surface area contributed by atoms with E-state index in [-0.39, 0.29) is 35.3 Å². The Morgan fingerprint density at radius 1 is 1.17 bits per heavy atom. The fraction of sp³-hybridized carbons (Fsp3) is 0.263. The molecule has 2 amide bonds. The van der Waals surface area contributed by atoms with Crippen LogP contribution in [0.15, 0.2) is 41.3 Å². The fourth-order valence-electron chi connectivity index (χ4n) is 2.71. The molecule has 154 valence electrons. The molecule has 9 nitrogen and oxygen atoms in total. The summed E-state index contributed by atoms with van der Waals surface area (Å²) in [5.74, 6) is 0.0701. The van der Waals surface area contributed by atoms with Crippen molar-refractivity contribution >= 4 is 33.0 Å². The number of ether oxygens (including phenoxy) is 3. The van der Waals surface area contributed by atoms with E-state index in [1.54, 1.807) is 18.2 Å². The van der Waals surface area contributed by atoms with Gasteiger partial charge in [-0.3, -0.25) is 9.59 Å². The third kappa shape index (κ3) is 4.77. The van der Waals surface area contributed by atoms with Crippen molar-refractivity contribution in [2.45, 2.75) is 11.3 Å². The Bertz CT molecular complexity index is 1050. The molecule has 0 fully saturated rings. The van der Waals surface area contributed by atoms with E-state index in [1.807, 2.05) is 0 Å². The highest BCUT2D eigenvalue weighted by molar-refractivity contribution is 7.91. The van der Waals surface area contributed by atoms with E-state index < -0.39 is 15.7 Å². The zero-order valence-electron chi connectivity index (χ0n) is 15.9. The molecule has 2 N–H and O–H groups in total. The maximum atomic E-state index is 12.6. The second kappa shape index (κ2) is 8.39. The molecule has 1 heterocycles. The van der Waals surface area contributed by atoms with Crippen molar-refractivity contribution in [2.75, 3.05) is 37.2 Å². The highest BCUT2D eigenvalue weighted by Gasteiger charge is 2.22. The number of amides is 2. The third-order valence-electron chi connectivity index (χ3n) is 4.23. The van der Waals surface area contributed by atoms with Crippen LogP contribution in [0.2, 0.25) is 0 Å². The number of benzene rings is 2. The molecule has 10 heteroatoms. The van der Waals surface area contributed by atoms with Gasteiger partial charge in [-0.25, -0.2) is 8.42 Å². The van der Waals surface area contributed by atoms with Crippen LogP contribution in [-0.2, 0) is 19.4 Å². The van der Waals surface area contributed by atoms with Gasteiger partial charge in [-0.05, 0) is 24.3 Å². The molecule has 0 radical (unpaired) electrons. The van der Waals surface area contributed by atoms with Crippen LogP contribution in [0.4, 0.5) is 11.4 Å². The van der Waals surface area contributed by atoms with E-state index in [0.717, 1.165) is 0 Å². The van der Waals surface area contributed by atoms with Crippen LogP contribution in [0.1, 0.15) is 6.42 Å². The van der Waals surface area contributed by atoms with Crippen LogP contribution in [-0.4, -0.2) is 46.8 Å². The highest BCUT2D eigenvalue weighted by Crippen LogP contribution is 2.31. The maximum absolute atomic E-state index is 12.6. The van der Waals surface area contributed by atoms with Gasteiger partial charge < -0.3 is 24.8 Å². The minimum Gasteiger partial charge on any atom is -0.497 e. The van der Waals surface area contributed by atoms with Gasteiger partial charge in [0.15, 0.2) is 16.4 Å². The number of methoxy groups -OCH3 is 2. The number of sulfone groups is 1. The van der Waals surface area contributed by atoms with Crippen molar-refractivity contribution in [1.29, 1.82) is 0 Å². The van der Waals surface area contributed by atoms with Gasteiger partial charge in [0, 0.05) is 18.6 Å². The SMILES string of the molecule is COc1ccc(NC(=O)CCS(=O)(=O)c2ccc3c(c2)OCC(=O)N3)c(OC)c1. The third-order valence-corrected chi connectivity index (χ3v) is 5.94. The first kappa shape index (κ1) is 20.5. The van der Waals surface area contributed by atoms with E-state index in [2.05, 4.69) is 10.6 Å². The van der Waals surface area contributed by atoms with Crippen molar-refractivity contribution in [3.63, 3.8) is 0 Å². The van der Waals surface area contributed by atoms with Crippen LogP contribution in [0, 0.1) is 0 Å².